The van der Waals surface area contributed by atoms with Crippen LogP contribution in [0.3, 0.4) is 0 Å². The van der Waals surface area contributed by atoms with Gasteiger partial charge in [0.25, 0.3) is 5.91 Å². The third-order valence-corrected chi connectivity index (χ3v) is 4.76. The van der Waals surface area contributed by atoms with Crippen LogP contribution >= 0.6 is 11.3 Å². The van der Waals surface area contributed by atoms with Gasteiger partial charge in [0.2, 0.25) is 6.10 Å². The number of aromatic nitrogens is 1. The first-order valence-electron chi connectivity index (χ1n) is 7.92. The average molecular weight is 352 g/mol. The third-order valence-electron chi connectivity index (χ3n) is 3.82. The van der Waals surface area contributed by atoms with E-state index in [1.807, 2.05) is 60.8 Å². The molecule has 1 aliphatic heterocycles. The highest BCUT2D eigenvalue weighted by Crippen LogP contribution is 2.34. The Morgan fingerprint density at radius 3 is 2.56 bits per heavy atom. The summed E-state index contributed by atoms with van der Waals surface area (Å²) < 4.78 is 11.6. The highest BCUT2D eigenvalue weighted by molar-refractivity contribution is 7.14. The molecule has 0 aliphatic carbocycles. The molecule has 0 spiro atoms. The minimum atomic E-state index is -0.723. The molecular formula is C19H16N2O3S. The second-order valence-electron chi connectivity index (χ2n) is 5.64. The zero-order chi connectivity index (χ0) is 17.2. The van der Waals surface area contributed by atoms with Crippen LogP contribution in [0, 0.1) is 6.92 Å². The smallest absolute Gasteiger partial charge is 0.278 e. The van der Waals surface area contributed by atoms with Crippen molar-refractivity contribution in [1.82, 2.24) is 4.98 Å². The number of benzene rings is 2. The van der Waals surface area contributed by atoms with E-state index in [2.05, 4.69) is 4.98 Å². The molecule has 2 heterocycles. The van der Waals surface area contributed by atoms with Crippen LogP contribution in [-0.2, 0) is 4.79 Å². The lowest BCUT2D eigenvalue weighted by Gasteiger charge is -2.29. The number of hydrogen-bond acceptors (Lipinski definition) is 5. The van der Waals surface area contributed by atoms with Crippen molar-refractivity contribution in [1.29, 1.82) is 0 Å². The lowest BCUT2D eigenvalue weighted by atomic mass is 10.2. The second-order valence-corrected chi connectivity index (χ2v) is 6.48. The van der Waals surface area contributed by atoms with Crippen LogP contribution in [0.15, 0.2) is 60.0 Å². The van der Waals surface area contributed by atoms with Crippen LogP contribution in [0.25, 0.3) is 0 Å². The number of amides is 1. The zero-order valence-corrected chi connectivity index (χ0v) is 14.4. The van der Waals surface area contributed by atoms with Gasteiger partial charge in [-0.3, -0.25) is 9.69 Å². The maximum atomic E-state index is 13.2. The number of ether oxygens (including phenoxy) is 2. The summed E-state index contributed by atoms with van der Waals surface area (Å²) >= 11 is 1.43. The number of thiazole rings is 1. The van der Waals surface area contributed by atoms with Gasteiger partial charge in [0.15, 0.2) is 16.6 Å². The Hall–Kier alpha value is -2.86. The quantitative estimate of drug-likeness (QED) is 0.716. The molecular weight excluding hydrogens is 336 g/mol. The van der Waals surface area contributed by atoms with Crippen LogP contribution in [0.2, 0.25) is 0 Å². The fourth-order valence-corrected chi connectivity index (χ4v) is 3.46. The number of carbonyl (C=O) groups excluding carboxylic acids is 1. The number of nitrogens with zero attached hydrogens (tertiary/aromatic N) is 2. The summed E-state index contributed by atoms with van der Waals surface area (Å²) in [5, 5.41) is 2.54. The lowest BCUT2D eigenvalue weighted by Crippen LogP contribution is -2.44. The van der Waals surface area contributed by atoms with Gasteiger partial charge in [0, 0.05) is 5.38 Å². The van der Waals surface area contributed by atoms with Gasteiger partial charge in [-0.2, -0.15) is 0 Å². The van der Waals surface area contributed by atoms with E-state index in [-0.39, 0.29) is 12.5 Å². The molecule has 4 rings (SSSR count). The van der Waals surface area contributed by atoms with Gasteiger partial charge in [-0.1, -0.05) is 30.3 Å². The number of para-hydroxylation sites is 3. The number of hydrogen-bond donors (Lipinski definition) is 0. The summed E-state index contributed by atoms with van der Waals surface area (Å²) in [4.78, 5) is 19.3. The second kappa shape index (κ2) is 6.57. The predicted octanol–water partition coefficient (Wildman–Crippen LogP) is 3.96. The van der Waals surface area contributed by atoms with E-state index < -0.39 is 6.10 Å². The van der Waals surface area contributed by atoms with Crippen molar-refractivity contribution in [3.05, 3.63) is 65.7 Å². The van der Waals surface area contributed by atoms with Crippen molar-refractivity contribution in [2.75, 3.05) is 11.5 Å². The number of fused-ring (bicyclic) bond motifs is 1. The molecule has 6 heteroatoms. The lowest BCUT2D eigenvalue weighted by molar-refractivity contribution is -0.126. The van der Waals surface area contributed by atoms with Gasteiger partial charge in [0.05, 0.1) is 11.4 Å². The molecule has 0 saturated heterocycles. The molecule has 0 fully saturated rings. The Labute approximate surface area is 149 Å². The Morgan fingerprint density at radius 1 is 1.12 bits per heavy atom. The Morgan fingerprint density at radius 2 is 1.84 bits per heavy atom. The summed E-state index contributed by atoms with van der Waals surface area (Å²) in [6.07, 6.45) is -0.723. The first kappa shape index (κ1) is 15.7. The van der Waals surface area contributed by atoms with E-state index in [0.29, 0.717) is 16.6 Å². The molecule has 25 heavy (non-hydrogen) atoms. The normalized spacial score (nSPS) is 15.6. The summed E-state index contributed by atoms with van der Waals surface area (Å²) in [5.41, 5.74) is 1.63. The van der Waals surface area contributed by atoms with Gasteiger partial charge in [-0.25, -0.2) is 4.98 Å². The standard InChI is InChI=1S/C19H16N2O3S/c1-13-12-25-19(20-13)21(14-7-3-2-4-8-14)18(22)17-11-23-15-9-5-6-10-16(15)24-17/h2-10,12,17H,11H2,1H3. The molecule has 0 bridgehead atoms. The molecule has 1 aliphatic rings. The summed E-state index contributed by atoms with van der Waals surface area (Å²) in [5.74, 6) is 1.04. The highest BCUT2D eigenvalue weighted by atomic mass is 32.1. The molecule has 1 aromatic heterocycles. The monoisotopic (exact) mass is 352 g/mol. The first-order chi connectivity index (χ1) is 12.2. The van der Waals surface area contributed by atoms with Gasteiger partial charge in [-0.05, 0) is 31.2 Å². The number of carbonyl (C=O) groups is 1. The average Bonchev–Trinajstić information content (AvgIpc) is 3.08. The van der Waals surface area contributed by atoms with Crippen LogP contribution in [0.1, 0.15) is 5.69 Å². The molecule has 0 radical (unpaired) electrons. The first-order valence-corrected chi connectivity index (χ1v) is 8.80. The maximum Gasteiger partial charge on any atom is 0.278 e. The minimum Gasteiger partial charge on any atom is -0.485 e. The van der Waals surface area contributed by atoms with Crippen LogP contribution < -0.4 is 14.4 Å². The summed E-state index contributed by atoms with van der Waals surface area (Å²) in [6, 6.07) is 16.8. The van der Waals surface area contributed by atoms with Crippen molar-refractivity contribution in [2.45, 2.75) is 13.0 Å². The Kier molecular flexibility index (Phi) is 4.11. The minimum absolute atomic E-state index is 0.170. The van der Waals surface area contributed by atoms with Crippen LogP contribution in [0.4, 0.5) is 10.8 Å². The third kappa shape index (κ3) is 3.08. The fraction of sp³-hybridized carbons (Fsp3) is 0.158. The molecule has 1 atom stereocenters. The van der Waals surface area contributed by atoms with Crippen molar-refractivity contribution >= 4 is 28.1 Å². The molecule has 0 saturated carbocycles. The van der Waals surface area contributed by atoms with E-state index in [1.54, 1.807) is 11.0 Å². The number of rotatable bonds is 3. The molecule has 2 aromatic carbocycles. The molecule has 1 amide bonds. The van der Waals surface area contributed by atoms with Crippen molar-refractivity contribution in [3.8, 4) is 11.5 Å². The molecule has 1 unspecified atom stereocenters. The van der Waals surface area contributed by atoms with Gasteiger partial charge < -0.3 is 9.47 Å². The van der Waals surface area contributed by atoms with Crippen molar-refractivity contribution in [2.24, 2.45) is 0 Å². The molecule has 0 N–H and O–H groups in total. The van der Waals surface area contributed by atoms with Gasteiger partial charge in [0.1, 0.15) is 6.61 Å². The van der Waals surface area contributed by atoms with E-state index in [1.165, 1.54) is 11.3 Å². The maximum absolute atomic E-state index is 13.2. The Bertz CT molecular complexity index is 894. The van der Waals surface area contributed by atoms with E-state index in [9.17, 15) is 4.79 Å². The molecule has 3 aromatic rings. The van der Waals surface area contributed by atoms with Crippen molar-refractivity contribution in [3.63, 3.8) is 0 Å². The van der Waals surface area contributed by atoms with E-state index in [4.69, 9.17) is 9.47 Å². The van der Waals surface area contributed by atoms with E-state index in [0.717, 1.165) is 11.4 Å². The van der Waals surface area contributed by atoms with Crippen molar-refractivity contribution < 1.29 is 14.3 Å². The summed E-state index contributed by atoms with van der Waals surface area (Å²) in [6.45, 7) is 2.08. The van der Waals surface area contributed by atoms with E-state index >= 15 is 0 Å². The molecule has 126 valence electrons. The summed E-state index contributed by atoms with van der Waals surface area (Å²) in [7, 11) is 0. The fourth-order valence-electron chi connectivity index (χ4n) is 2.64. The molecule has 5 nitrogen and oxygen atoms in total. The van der Waals surface area contributed by atoms with Gasteiger partial charge >= 0.3 is 0 Å². The van der Waals surface area contributed by atoms with Gasteiger partial charge in [-0.15, -0.1) is 11.3 Å². The topological polar surface area (TPSA) is 51.7 Å². The largest absolute Gasteiger partial charge is 0.485 e. The van der Waals surface area contributed by atoms with Crippen LogP contribution in [0.5, 0.6) is 11.5 Å². The number of anilines is 2. The predicted molar refractivity (Wildman–Crippen MR) is 96.8 cm³/mol. The number of aryl methyl sites for hydroxylation is 1. The SMILES string of the molecule is Cc1csc(N(C(=O)C2COc3ccccc3O2)c2ccccc2)n1. The van der Waals surface area contributed by atoms with Crippen LogP contribution in [-0.4, -0.2) is 23.6 Å². The Balaban J connectivity index is 1.67. The highest BCUT2D eigenvalue weighted by Gasteiger charge is 2.33. The zero-order valence-electron chi connectivity index (χ0n) is 13.6.